The summed E-state index contributed by atoms with van der Waals surface area (Å²) in [4.78, 5) is 40.3. The van der Waals surface area contributed by atoms with Crippen LogP contribution in [0.15, 0.2) is 85.1 Å². The van der Waals surface area contributed by atoms with Gasteiger partial charge in [-0.15, -0.1) is 0 Å². The Morgan fingerprint density at radius 1 is 0.875 bits per heavy atom. The minimum absolute atomic E-state index is 0. The van der Waals surface area contributed by atoms with Gasteiger partial charge in [0.05, 0.1) is 12.6 Å². The summed E-state index contributed by atoms with van der Waals surface area (Å²) in [6.07, 6.45) is 2.15. The molecule has 0 radical (unpaired) electrons. The number of nitrogens with one attached hydrogen (secondary N) is 3. The first-order valence-electron chi connectivity index (χ1n) is 12.9. The van der Waals surface area contributed by atoms with Crippen molar-refractivity contribution in [2.24, 2.45) is 0 Å². The fourth-order valence-corrected chi connectivity index (χ4v) is 4.31. The van der Waals surface area contributed by atoms with Crippen molar-refractivity contribution in [1.29, 1.82) is 0 Å². The molecule has 40 heavy (non-hydrogen) atoms. The maximum Gasteiger partial charge on any atom is 1.00 e. The molecule has 3 aromatic carbocycles. The number of pyridine rings is 1. The zero-order valence-corrected chi connectivity index (χ0v) is 24.8. The van der Waals surface area contributed by atoms with Crippen molar-refractivity contribution in [2.75, 3.05) is 18.4 Å². The summed E-state index contributed by atoms with van der Waals surface area (Å²) in [5.41, 5.74) is 3.74. The normalized spacial score (nSPS) is 11.2. The van der Waals surface area contributed by atoms with E-state index in [1.54, 1.807) is 18.3 Å². The zero-order valence-electron chi connectivity index (χ0n) is 22.8. The first-order valence-corrected chi connectivity index (χ1v) is 12.9. The molecule has 0 aliphatic carbocycles. The molecule has 4 aromatic rings. The number of amides is 2. The predicted octanol–water partition coefficient (Wildman–Crippen LogP) is 0.520. The summed E-state index contributed by atoms with van der Waals surface area (Å²) in [7, 11) is 0. The smallest absolute Gasteiger partial charge is 0.550 e. The van der Waals surface area contributed by atoms with Gasteiger partial charge in [0.2, 0.25) is 11.8 Å². The molecular formula is C31H31N4NaO4. The number of carbonyl (C=O) groups is 3. The van der Waals surface area contributed by atoms with Crippen LogP contribution in [0.5, 0.6) is 0 Å². The summed E-state index contributed by atoms with van der Waals surface area (Å²) in [6.45, 7) is 2.30. The fourth-order valence-electron chi connectivity index (χ4n) is 4.31. The summed E-state index contributed by atoms with van der Waals surface area (Å²) >= 11 is 0. The van der Waals surface area contributed by atoms with Crippen LogP contribution in [0.4, 0.5) is 5.82 Å². The van der Waals surface area contributed by atoms with Crippen LogP contribution in [0.1, 0.15) is 36.4 Å². The van der Waals surface area contributed by atoms with Crippen molar-refractivity contribution in [2.45, 2.75) is 32.2 Å². The standard InChI is InChI=1S/C31H32N4O4.Na/c1-21-14-16-33-28(17-21)32-15-4-7-29(36)34-20-30(37)35-27(19-31(38)39)24-11-8-23(9-12-24)26-13-10-22-5-2-3-6-25(22)18-26;/h2-3,5-6,8-14,16-18,27H,4,7,15,19-20H2,1H3,(H,32,33)(H,34,36)(H,35,37)(H,38,39);/q;+1/p-1. The number of aromatic nitrogens is 1. The zero-order chi connectivity index (χ0) is 27.6. The number of fused-ring (bicyclic) bond motifs is 1. The molecule has 200 valence electrons. The van der Waals surface area contributed by atoms with E-state index in [0.29, 0.717) is 18.5 Å². The quantitative estimate of drug-likeness (QED) is 0.176. The molecular weight excluding hydrogens is 515 g/mol. The SMILES string of the molecule is Cc1ccnc(NCCCC(=O)NCC(=O)NC(CC(=O)[O-])c2ccc(-c3ccc4ccccc4c3)cc2)c1.[Na+]. The predicted molar refractivity (Wildman–Crippen MR) is 150 cm³/mol. The molecule has 0 fully saturated rings. The molecule has 0 saturated heterocycles. The second-order valence-corrected chi connectivity index (χ2v) is 9.41. The summed E-state index contributed by atoms with van der Waals surface area (Å²) in [5, 5.41) is 22.1. The summed E-state index contributed by atoms with van der Waals surface area (Å²) in [5.74, 6) is -1.27. The first-order chi connectivity index (χ1) is 18.9. The molecule has 2 amide bonds. The second-order valence-electron chi connectivity index (χ2n) is 9.41. The maximum atomic E-state index is 12.5. The van der Waals surface area contributed by atoms with Crippen LogP contribution < -0.4 is 50.6 Å². The van der Waals surface area contributed by atoms with Crippen molar-refractivity contribution in [3.05, 3.63) is 96.2 Å². The number of rotatable bonds is 12. The van der Waals surface area contributed by atoms with Gasteiger partial charge in [0.15, 0.2) is 0 Å². The molecule has 4 rings (SSSR count). The number of carbonyl (C=O) groups excluding carboxylic acids is 3. The van der Waals surface area contributed by atoms with E-state index >= 15 is 0 Å². The number of anilines is 1. The number of carboxylic acid groups (broad SMARTS) is 1. The Morgan fingerprint density at radius 2 is 1.60 bits per heavy atom. The Labute approximate surface area is 255 Å². The van der Waals surface area contributed by atoms with E-state index in [1.807, 2.05) is 49.4 Å². The number of hydrogen-bond donors (Lipinski definition) is 3. The molecule has 1 heterocycles. The summed E-state index contributed by atoms with van der Waals surface area (Å²) in [6, 6.07) is 24.7. The van der Waals surface area contributed by atoms with Crippen molar-refractivity contribution in [3.63, 3.8) is 0 Å². The molecule has 0 aliphatic rings. The van der Waals surface area contributed by atoms with Gasteiger partial charge in [-0.3, -0.25) is 9.59 Å². The van der Waals surface area contributed by atoms with Gasteiger partial charge in [-0.1, -0.05) is 60.7 Å². The van der Waals surface area contributed by atoms with E-state index in [-0.39, 0.29) is 54.9 Å². The third kappa shape index (κ3) is 9.19. The Morgan fingerprint density at radius 3 is 2.33 bits per heavy atom. The van der Waals surface area contributed by atoms with Crippen molar-refractivity contribution >= 4 is 34.4 Å². The molecule has 0 aliphatic heterocycles. The van der Waals surface area contributed by atoms with E-state index in [1.165, 1.54) is 0 Å². The minimum atomic E-state index is -1.28. The Kier molecular flexibility index (Phi) is 11.7. The van der Waals surface area contributed by atoms with Crippen LogP contribution in [-0.4, -0.2) is 35.9 Å². The Hall–Kier alpha value is -3.72. The van der Waals surface area contributed by atoms with Gasteiger partial charge in [-0.2, -0.15) is 0 Å². The van der Waals surface area contributed by atoms with Crippen molar-refractivity contribution in [3.8, 4) is 11.1 Å². The molecule has 0 saturated carbocycles. The van der Waals surface area contributed by atoms with E-state index in [2.05, 4.69) is 45.2 Å². The van der Waals surface area contributed by atoms with Crippen LogP contribution in [0, 0.1) is 6.92 Å². The van der Waals surface area contributed by atoms with Gasteiger partial charge < -0.3 is 25.9 Å². The topological polar surface area (TPSA) is 123 Å². The fraction of sp³-hybridized carbons (Fsp3) is 0.226. The van der Waals surface area contributed by atoms with E-state index in [9.17, 15) is 19.5 Å². The minimum Gasteiger partial charge on any atom is -0.550 e. The summed E-state index contributed by atoms with van der Waals surface area (Å²) < 4.78 is 0. The van der Waals surface area contributed by atoms with Crippen LogP contribution in [-0.2, 0) is 14.4 Å². The molecule has 0 bridgehead atoms. The van der Waals surface area contributed by atoms with Crippen LogP contribution >= 0.6 is 0 Å². The van der Waals surface area contributed by atoms with Gasteiger partial charge in [-0.25, -0.2) is 4.98 Å². The van der Waals surface area contributed by atoms with Gasteiger partial charge in [0.1, 0.15) is 5.82 Å². The van der Waals surface area contributed by atoms with Gasteiger partial charge >= 0.3 is 29.6 Å². The third-order valence-electron chi connectivity index (χ3n) is 6.35. The molecule has 8 nitrogen and oxygen atoms in total. The molecule has 3 N–H and O–H groups in total. The molecule has 9 heteroatoms. The Bertz CT molecular complexity index is 1460. The number of nitrogens with zero attached hydrogens (tertiary/aromatic N) is 1. The third-order valence-corrected chi connectivity index (χ3v) is 6.35. The van der Waals surface area contributed by atoms with E-state index in [4.69, 9.17) is 0 Å². The molecule has 0 spiro atoms. The van der Waals surface area contributed by atoms with Crippen LogP contribution in [0.2, 0.25) is 0 Å². The van der Waals surface area contributed by atoms with Gasteiger partial charge in [0, 0.05) is 31.6 Å². The van der Waals surface area contributed by atoms with E-state index in [0.717, 1.165) is 33.3 Å². The maximum absolute atomic E-state index is 12.5. The largest absolute Gasteiger partial charge is 1.00 e. The number of aryl methyl sites for hydroxylation is 1. The molecule has 1 aromatic heterocycles. The van der Waals surface area contributed by atoms with Crippen molar-refractivity contribution in [1.82, 2.24) is 15.6 Å². The number of benzene rings is 3. The average molecular weight is 547 g/mol. The van der Waals surface area contributed by atoms with Gasteiger partial charge in [0.25, 0.3) is 0 Å². The number of hydrogen-bond acceptors (Lipinski definition) is 6. The molecule has 1 unspecified atom stereocenters. The second kappa shape index (κ2) is 15.2. The van der Waals surface area contributed by atoms with Crippen LogP contribution in [0.25, 0.3) is 21.9 Å². The van der Waals surface area contributed by atoms with Gasteiger partial charge in [-0.05, 0) is 64.6 Å². The van der Waals surface area contributed by atoms with Crippen LogP contribution in [0.3, 0.4) is 0 Å². The average Bonchev–Trinajstić information content (AvgIpc) is 2.93. The molecule has 1 atom stereocenters. The number of carboxylic acids is 1. The van der Waals surface area contributed by atoms with Crippen molar-refractivity contribution < 1.29 is 49.0 Å². The van der Waals surface area contributed by atoms with E-state index < -0.39 is 17.9 Å². The first kappa shape index (κ1) is 30.8. The number of aliphatic carboxylic acids is 1. The monoisotopic (exact) mass is 546 g/mol. The Balaban J connectivity index is 0.00000441.